The van der Waals surface area contributed by atoms with Crippen molar-refractivity contribution in [3.05, 3.63) is 11.6 Å². The molecule has 0 bridgehead atoms. The van der Waals surface area contributed by atoms with Crippen molar-refractivity contribution in [1.82, 2.24) is 0 Å². The van der Waals surface area contributed by atoms with Crippen molar-refractivity contribution in [1.29, 1.82) is 0 Å². The first kappa shape index (κ1) is 15.6. The van der Waals surface area contributed by atoms with Crippen LogP contribution < -0.4 is 0 Å². The lowest BCUT2D eigenvalue weighted by Crippen LogP contribution is -2.36. The molecule has 0 aromatic heterocycles. The van der Waals surface area contributed by atoms with E-state index in [1.54, 1.807) is 5.57 Å². The number of allylic oxidation sites excluding steroid dienone is 2. The number of aliphatic hydroxyl groups is 1. The summed E-state index contributed by atoms with van der Waals surface area (Å²) in [6.45, 7) is 11.8. The maximum Gasteiger partial charge on any atom is 0.0543 e. The second-order valence-electron chi connectivity index (χ2n) is 8.95. The van der Waals surface area contributed by atoms with Crippen LogP contribution in [0.15, 0.2) is 11.6 Å². The molecule has 3 aliphatic rings. The molecule has 0 spiro atoms. The van der Waals surface area contributed by atoms with Gasteiger partial charge in [-0.05, 0) is 86.9 Å². The first-order chi connectivity index (χ1) is 9.84. The minimum atomic E-state index is -0.129. The number of rotatable bonds is 2. The van der Waals surface area contributed by atoms with E-state index in [0.717, 1.165) is 29.6 Å². The van der Waals surface area contributed by atoms with Crippen LogP contribution >= 0.6 is 0 Å². The number of hydrogen-bond donors (Lipinski definition) is 1. The molecule has 1 N–H and O–H groups in total. The van der Waals surface area contributed by atoms with Gasteiger partial charge in [-0.3, -0.25) is 0 Å². The van der Waals surface area contributed by atoms with Gasteiger partial charge in [-0.2, -0.15) is 0 Å². The molecule has 2 saturated carbocycles. The summed E-state index contributed by atoms with van der Waals surface area (Å²) in [7, 11) is 0. The van der Waals surface area contributed by atoms with Crippen LogP contribution in [0.1, 0.15) is 66.7 Å². The second-order valence-corrected chi connectivity index (χ2v) is 8.95. The van der Waals surface area contributed by atoms with Crippen LogP contribution in [0.3, 0.4) is 0 Å². The second kappa shape index (κ2) is 5.41. The van der Waals surface area contributed by atoms with Crippen LogP contribution in [-0.2, 0) is 0 Å². The minimum absolute atomic E-state index is 0.129. The van der Waals surface area contributed by atoms with Crippen molar-refractivity contribution < 1.29 is 5.11 Å². The lowest BCUT2D eigenvalue weighted by molar-refractivity contribution is 0.0525. The fourth-order valence-corrected chi connectivity index (χ4v) is 6.36. The van der Waals surface area contributed by atoms with Crippen molar-refractivity contribution in [3.8, 4) is 0 Å². The van der Waals surface area contributed by atoms with Crippen LogP contribution in [-0.4, -0.2) is 11.2 Å². The van der Waals surface area contributed by atoms with Gasteiger partial charge in [0.2, 0.25) is 0 Å². The molecule has 21 heavy (non-hydrogen) atoms. The predicted octanol–water partition coefficient (Wildman–Crippen LogP) is 5.05. The Morgan fingerprint density at radius 3 is 2.48 bits per heavy atom. The van der Waals surface area contributed by atoms with Gasteiger partial charge >= 0.3 is 0 Å². The Hall–Kier alpha value is -0.300. The standard InChI is InChI=1S/C20H34O/c1-12(2)15-8-9-20(5)18-7-6-16(14(4)21)17(18)10-13(3)11-19(15)20/h11-12,14-19,21H,6-10H2,1-5H3/t14?,15-,16-,17-,18-,19-,20+/m0/s1. The van der Waals surface area contributed by atoms with Gasteiger partial charge in [-0.15, -0.1) is 0 Å². The van der Waals surface area contributed by atoms with E-state index in [1.807, 2.05) is 6.92 Å². The van der Waals surface area contributed by atoms with E-state index < -0.39 is 0 Å². The zero-order chi connectivity index (χ0) is 15.4. The summed E-state index contributed by atoms with van der Waals surface area (Å²) in [5, 5.41) is 10.2. The topological polar surface area (TPSA) is 20.2 Å². The maximum absolute atomic E-state index is 10.2. The molecule has 7 atom stereocenters. The molecule has 0 aliphatic heterocycles. The molecule has 0 aromatic carbocycles. The van der Waals surface area contributed by atoms with Crippen molar-refractivity contribution in [3.63, 3.8) is 0 Å². The number of fused-ring (bicyclic) bond motifs is 3. The molecule has 0 heterocycles. The van der Waals surface area contributed by atoms with Crippen molar-refractivity contribution in [2.75, 3.05) is 0 Å². The SMILES string of the molecule is CC1=C[C@H]2[C@H](C(C)C)CC[C@]2(C)[C@H]2CC[C@@H](C(C)O)[C@@H]2C1. The first-order valence-electron chi connectivity index (χ1n) is 9.20. The smallest absolute Gasteiger partial charge is 0.0543 e. The summed E-state index contributed by atoms with van der Waals surface area (Å²) in [5.41, 5.74) is 2.08. The highest BCUT2D eigenvalue weighted by atomic mass is 16.3. The van der Waals surface area contributed by atoms with Crippen LogP contribution in [0.4, 0.5) is 0 Å². The van der Waals surface area contributed by atoms with E-state index in [1.165, 1.54) is 32.1 Å². The molecule has 120 valence electrons. The fraction of sp³-hybridized carbons (Fsp3) is 0.900. The zero-order valence-corrected chi connectivity index (χ0v) is 14.6. The predicted molar refractivity (Wildman–Crippen MR) is 88.9 cm³/mol. The van der Waals surface area contributed by atoms with Gasteiger partial charge in [0.1, 0.15) is 0 Å². The molecular weight excluding hydrogens is 256 g/mol. The van der Waals surface area contributed by atoms with E-state index in [0.29, 0.717) is 11.3 Å². The Kier molecular flexibility index (Phi) is 4.01. The quantitative estimate of drug-likeness (QED) is 0.706. The van der Waals surface area contributed by atoms with E-state index in [-0.39, 0.29) is 6.10 Å². The third-order valence-electron chi connectivity index (χ3n) is 7.46. The van der Waals surface area contributed by atoms with Gasteiger partial charge in [0.25, 0.3) is 0 Å². The monoisotopic (exact) mass is 290 g/mol. The van der Waals surface area contributed by atoms with E-state index in [2.05, 4.69) is 33.8 Å². The number of hydrogen-bond acceptors (Lipinski definition) is 1. The van der Waals surface area contributed by atoms with Gasteiger partial charge in [0.05, 0.1) is 6.10 Å². The van der Waals surface area contributed by atoms with Crippen molar-refractivity contribution in [2.45, 2.75) is 72.8 Å². The van der Waals surface area contributed by atoms with Crippen molar-refractivity contribution in [2.24, 2.45) is 40.9 Å². The molecule has 3 rings (SSSR count). The Labute approximate surface area is 131 Å². The summed E-state index contributed by atoms with van der Waals surface area (Å²) in [4.78, 5) is 0. The van der Waals surface area contributed by atoms with Gasteiger partial charge in [0.15, 0.2) is 0 Å². The van der Waals surface area contributed by atoms with E-state index in [9.17, 15) is 5.11 Å². The van der Waals surface area contributed by atoms with Gasteiger partial charge in [-0.1, -0.05) is 32.4 Å². The summed E-state index contributed by atoms with van der Waals surface area (Å²) in [6.07, 6.45) is 9.15. The Morgan fingerprint density at radius 1 is 1.14 bits per heavy atom. The van der Waals surface area contributed by atoms with Gasteiger partial charge in [-0.25, -0.2) is 0 Å². The number of aliphatic hydroxyl groups excluding tert-OH is 1. The molecule has 0 saturated heterocycles. The van der Waals surface area contributed by atoms with Crippen molar-refractivity contribution >= 4 is 0 Å². The summed E-state index contributed by atoms with van der Waals surface area (Å²) < 4.78 is 0. The molecular formula is C20H34O. The lowest BCUT2D eigenvalue weighted by Gasteiger charge is -2.41. The first-order valence-corrected chi connectivity index (χ1v) is 9.20. The highest BCUT2D eigenvalue weighted by Gasteiger charge is 2.55. The Morgan fingerprint density at radius 2 is 1.86 bits per heavy atom. The van der Waals surface area contributed by atoms with Gasteiger partial charge < -0.3 is 5.11 Å². The Balaban J connectivity index is 1.96. The third kappa shape index (κ3) is 2.40. The van der Waals surface area contributed by atoms with Crippen LogP contribution in [0.2, 0.25) is 0 Å². The molecule has 3 aliphatic carbocycles. The summed E-state index contributed by atoms with van der Waals surface area (Å²) in [6, 6.07) is 0. The molecule has 0 aromatic rings. The molecule has 2 fully saturated rings. The maximum atomic E-state index is 10.2. The molecule has 1 nitrogen and oxygen atoms in total. The van der Waals surface area contributed by atoms with E-state index in [4.69, 9.17) is 0 Å². The van der Waals surface area contributed by atoms with Crippen LogP contribution in [0.5, 0.6) is 0 Å². The largest absolute Gasteiger partial charge is 0.393 e. The average molecular weight is 290 g/mol. The van der Waals surface area contributed by atoms with Crippen LogP contribution in [0, 0.1) is 40.9 Å². The fourth-order valence-electron chi connectivity index (χ4n) is 6.36. The zero-order valence-electron chi connectivity index (χ0n) is 14.6. The Bertz CT molecular complexity index is 422. The minimum Gasteiger partial charge on any atom is -0.393 e. The molecule has 0 amide bonds. The summed E-state index contributed by atoms with van der Waals surface area (Å²) >= 11 is 0. The molecule has 1 heteroatoms. The van der Waals surface area contributed by atoms with Crippen LogP contribution in [0.25, 0.3) is 0 Å². The van der Waals surface area contributed by atoms with Gasteiger partial charge in [0, 0.05) is 0 Å². The summed E-state index contributed by atoms with van der Waals surface area (Å²) in [5.74, 6) is 4.54. The normalized spacial score (nSPS) is 47.8. The third-order valence-corrected chi connectivity index (χ3v) is 7.46. The highest BCUT2D eigenvalue weighted by molar-refractivity contribution is 5.18. The molecule has 1 unspecified atom stereocenters. The molecule has 0 radical (unpaired) electrons. The highest BCUT2D eigenvalue weighted by Crippen LogP contribution is 2.63. The van der Waals surface area contributed by atoms with E-state index >= 15 is 0 Å². The lowest BCUT2D eigenvalue weighted by atomic mass is 9.64. The average Bonchev–Trinajstić information content (AvgIpc) is 2.91.